The second-order valence-electron chi connectivity index (χ2n) is 5.85. The molecule has 3 heterocycles. The van der Waals surface area contributed by atoms with Gasteiger partial charge in [-0.3, -0.25) is 4.79 Å². The molecular formula is C17H15N3O5. The van der Waals surface area contributed by atoms with Crippen molar-refractivity contribution in [3.05, 3.63) is 52.5 Å². The lowest BCUT2D eigenvalue weighted by Crippen LogP contribution is -2.32. The molecule has 1 atom stereocenters. The number of carbonyl (C=O) groups is 1. The summed E-state index contributed by atoms with van der Waals surface area (Å²) in [5, 5.41) is 4.46. The highest BCUT2D eigenvalue weighted by Crippen LogP contribution is 2.27. The quantitative estimate of drug-likeness (QED) is 0.670. The lowest BCUT2D eigenvalue weighted by atomic mass is 10.1. The number of fused-ring (bicyclic) bond motifs is 1. The molecule has 0 radical (unpaired) electrons. The third-order valence-electron chi connectivity index (χ3n) is 4.39. The third kappa shape index (κ3) is 2.65. The number of aromatic nitrogens is 2. The molecule has 1 saturated heterocycles. The normalized spacial score (nSPS) is 17.2. The maximum atomic E-state index is 12.8. The number of methoxy groups -OCH3 is 1. The second-order valence-corrected chi connectivity index (χ2v) is 5.85. The summed E-state index contributed by atoms with van der Waals surface area (Å²) in [5.74, 6) is 0.678. The lowest BCUT2D eigenvalue weighted by Gasteiger charge is -2.15. The minimum atomic E-state index is -0.676. The van der Waals surface area contributed by atoms with E-state index in [-0.39, 0.29) is 17.4 Å². The van der Waals surface area contributed by atoms with Crippen molar-refractivity contribution >= 4 is 16.9 Å². The molecule has 0 spiro atoms. The predicted octanol–water partition coefficient (Wildman–Crippen LogP) is 1.81. The van der Waals surface area contributed by atoms with Crippen molar-refractivity contribution < 1.29 is 18.5 Å². The molecule has 25 heavy (non-hydrogen) atoms. The van der Waals surface area contributed by atoms with Crippen LogP contribution in [0.1, 0.15) is 28.5 Å². The molecule has 1 fully saturated rings. The first-order valence-corrected chi connectivity index (χ1v) is 7.84. The SMILES string of the molecule is COc1cccc2cc(C(=O)N3CC[C@@H](c4ncon4)C3)c(=O)oc12. The summed E-state index contributed by atoms with van der Waals surface area (Å²) in [6.07, 6.45) is 1.99. The standard InChI is InChI=1S/C17H15N3O5/c1-23-13-4-2-3-10-7-12(17(22)25-14(10)13)16(21)20-6-5-11(8-20)15-18-9-24-19-15/h2-4,7,9,11H,5-6,8H2,1H3/t11-/m1/s1. The Hall–Kier alpha value is -3.16. The van der Waals surface area contributed by atoms with Gasteiger partial charge in [-0.1, -0.05) is 17.3 Å². The molecule has 0 aliphatic carbocycles. The summed E-state index contributed by atoms with van der Waals surface area (Å²) < 4.78 is 15.3. The topological polar surface area (TPSA) is 98.7 Å². The van der Waals surface area contributed by atoms with Gasteiger partial charge in [-0.05, 0) is 18.6 Å². The Morgan fingerprint density at radius 2 is 2.28 bits per heavy atom. The fourth-order valence-corrected chi connectivity index (χ4v) is 3.11. The summed E-state index contributed by atoms with van der Waals surface area (Å²) in [5.41, 5.74) is -0.336. The van der Waals surface area contributed by atoms with Gasteiger partial charge in [0.25, 0.3) is 5.91 Å². The predicted molar refractivity (Wildman–Crippen MR) is 86.6 cm³/mol. The van der Waals surface area contributed by atoms with E-state index in [0.717, 1.165) is 6.42 Å². The number of ether oxygens (including phenoxy) is 1. The molecule has 1 aliphatic heterocycles. The first kappa shape index (κ1) is 15.4. The molecule has 1 aromatic carbocycles. The van der Waals surface area contributed by atoms with Gasteiger partial charge in [-0.2, -0.15) is 4.98 Å². The summed E-state index contributed by atoms with van der Waals surface area (Å²) in [6.45, 7) is 0.960. The molecule has 8 heteroatoms. The smallest absolute Gasteiger partial charge is 0.349 e. The number of benzene rings is 1. The fourth-order valence-electron chi connectivity index (χ4n) is 3.11. The molecule has 0 bridgehead atoms. The summed E-state index contributed by atoms with van der Waals surface area (Å²) >= 11 is 0. The monoisotopic (exact) mass is 341 g/mol. The van der Waals surface area contributed by atoms with E-state index < -0.39 is 5.63 Å². The zero-order valence-electron chi connectivity index (χ0n) is 13.5. The van der Waals surface area contributed by atoms with E-state index in [0.29, 0.717) is 35.6 Å². The highest BCUT2D eigenvalue weighted by molar-refractivity contribution is 5.97. The van der Waals surface area contributed by atoms with Crippen molar-refractivity contribution in [3.8, 4) is 5.75 Å². The van der Waals surface area contributed by atoms with Crippen molar-refractivity contribution in [1.29, 1.82) is 0 Å². The zero-order valence-corrected chi connectivity index (χ0v) is 13.5. The van der Waals surface area contributed by atoms with Crippen LogP contribution in [0, 0.1) is 0 Å². The molecule has 0 saturated carbocycles. The molecule has 1 amide bonds. The van der Waals surface area contributed by atoms with E-state index in [2.05, 4.69) is 10.1 Å². The summed E-state index contributed by atoms with van der Waals surface area (Å²) in [4.78, 5) is 30.7. The number of likely N-dealkylation sites (tertiary alicyclic amines) is 1. The minimum absolute atomic E-state index is 0.00881. The van der Waals surface area contributed by atoms with Crippen LogP contribution in [-0.4, -0.2) is 41.1 Å². The average molecular weight is 341 g/mol. The van der Waals surface area contributed by atoms with Gasteiger partial charge in [0.1, 0.15) is 5.56 Å². The van der Waals surface area contributed by atoms with Crippen molar-refractivity contribution in [3.63, 3.8) is 0 Å². The van der Waals surface area contributed by atoms with Crippen LogP contribution in [0.4, 0.5) is 0 Å². The number of hydrogen-bond acceptors (Lipinski definition) is 7. The number of rotatable bonds is 3. The molecule has 1 aliphatic rings. The summed E-state index contributed by atoms with van der Waals surface area (Å²) in [6, 6.07) is 6.79. The summed E-state index contributed by atoms with van der Waals surface area (Å²) in [7, 11) is 1.50. The lowest BCUT2D eigenvalue weighted by molar-refractivity contribution is 0.0786. The van der Waals surface area contributed by atoms with Crippen molar-refractivity contribution in [2.45, 2.75) is 12.3 Å². The van der Waals surface area contributed by atoms with Crippen molar-refractivity contribution in [2.24, 2.45) is 0 Å². The first-order valence-electron chi connectivity index (χ1n) is 7.84. The maximum Gasteiger partial charge on any atom is 0.349 e. The van der Waals surface area contributed by atoms with E-state index in [1.54, 1.807) is 29.2 Å². The van der Waals surface area contributed by atoms with E-state index in [4.69, 9.17) is 13.7 Å². The molecule has 0 N–H and O–H groups in total. The van der Waals surface area contributed by atoms with Gasteiger partial charge >= 0.3 is 5.63 Å². The molecule has 4 rings (SSSR count). The van der Waals surface area contributed by atoms with Crippen LogP contribution in [0.15, 0.2) is 44.4 Å². The van der Waals surface area contributed by atoms with Crippen LogP contribution >= 0.6 is 0 Å². The Morgan fingerprint density at radius 1 is 1.40 bits per heavy atom. The number of para-hydroxylation sites is 1. The molecule has 8 nitrogen and oxygen atoms in total. The van der Waals surface area contributed by atoms with E-state index in [9.17, 15) is 9.59 Å². The van der Waals surface area contributed by atoms with Crippen molar-refractivity contribution in [2.75, 3.05) is 20.2 Å². The largest absolute Gasteiger partial charge is 0.493 e. The Kier molecular flexibility index (Phi) is 3.72. The van der Waals surface area contributed by atoms with Gasteiger partial charge < -0.3 is 18.6 Å². The number of hydrogen-bond donors (Lipinski definition) is 0. The van der Waals surface area contributed by atoms with E-state index in [1.807, 2.05) is 0 Å². The highest BCUT2D eigenvalue weighted by Gasteiger charge is 2.31. The molecule has 128 valence electrons. The Labute approximate surface area is 142 Å². The Morgan fingerprint density at radius 3 is 3.04 bits per heavy atom. The van der Waals surface area contributed by atoms with Crippen LogP contribution in [0.2, 0.25) is 0 Å². The number of carbonyl (C=O) groups excluding carboxylic acids is 1. The van der Waals surface area contributed by atoms with Gasteiger partial charge in [0, 0.05) is 24.4 Å². The Bertz CT molecular complexity index is 980. The fraction of sp³-hybridized carbons (Fsp3) is 0.294. The van der Waals surface area contributed by atoms with E-state index in [1.165, 1.54) is 13.5 Å². The number of amides is 1. The molecular weight excluding hydrogens is 326 g/mol. The number of nitrogens with zero attached hydrogens (tertiary/aromatic N) is 3. The van der Waals surface area contributed by atoms with Crippen LogP contribution < -0.4 is 10.4 Å². The minimum Gasteiger partial charge on any atom is -0.493 e. The van der Waals surface area contributed by atoms with Gasteiger partial charge in [-0.25, -0.2) is 4.79 Å². The first-order chi connectivity index (χ1) is 12.2. The second kappa shape index (κ2) is 6.04. The Balaban J connectivity index is 1.64. The molecule has 2 aromatic heterocycles. The third-order valence-corrected chi connectivity index (χ3v) is 4.39. The maximum absolute atomic E-state index is 12.8. The van der Waals surface area contributed by atoms with Crippen LogP contribution in [0.25, 0.3) is 11.0 Å². The molecule has 0 unspecified atom stereocenters. The van der Waals surface area contributed by atoms with Gasteiger partial charge in [0.2, 0.25) is 6.39 Å². The van der Waals surface area contributed by atoms with Gasteiger partial charge in [-0.15, -0.1) is 0 Å². The highest BCUT2D eigenvalue weighted by atomic mass is 16.5. The molecule has 3 aromatic rings. The zero-order chi connectivity index (χ0) is 17.4. The van der Waals surface area contributed by atoms with Crippen LogP contribution in [0.5, 0.6) is 5.75 Å². The average Bonchev–Trinajstić information content (AvgIpc) is 3.31. The van der Waals surface area contributed by atoms with Crippen molar-refractivity contribution in [1.82, 2.24) is 15.0 Å². The van der Waals surface area contributed by atoms with Crippen LogP contribution in [0.3, 0.4) is 0 Å². The van der Waals surface area contributed by atoms with Gasteiger partial charge in [0.15, 0.2) is 17.2 Å². The van der Waals surface area contributed by atoms with E-state index >= 15 is 0 Å². The van der Waals surface area contributed by atoms with Gasteiger partial charge in [0.05, 0.1) is 7.11 Å². The van der Waals surface area contributed by atoms with Crippen LogP contribution in [-0.2, 0) is 0 Å².